The van der Waals surface area contributed by atoms with E-state index in [1.54, 1.807) is 19.2 Å². The van der Waals surface area contributed by atoms with Crippen LogP contribution in [0.4, 0.5) is 13.6 Å². The number of rotatable bonds is 4. The molecule has 0 aromatic heterocycles. The number of hydrogen-bond donors (Lipinski definition) is 2. The molecule has 9 heteroatoms. The third-order valence-corrected chi connectivity index (χ3v) is 2.89. The molecule has 0 bridgehead atoms. The van der Waals surface area contributed by atoms with Crippen molar-refractivity contribution in [1.82, 2.24) is 5.32 Å². The molecular weight excluding hydrogens is 322 g/mol. The summed E-state index contributed by atoms with van der Waals surface area (Å²) in [4.78, 5) is 34.3. The van der Waals surface area contributed by atoms with Gasteiger partial charge in [-0.15, -0.1) is 0 Å². The van der Waals surface area contributed by atoms with Crippen molar-refractivity contribution in [3.8, 4) is 0 Å². The van der Waals surface area contributed by atoms with Gasteiger partial charge in [0.15, 0.2) is 17.7 Å². The molecular formula is C13H13ClF2N2O4. The lowest BCUT2D eigenvalue weighted by Crippen LogP contribution is -2.45. The van der Waals surface area contributed by atoms with Crippen molar-refractivity contribution in [2.24, 2.45) is 11.7 Å². The number of nitrogens with two attached hydrogens (primary N) is 1. The van der Waals surface area contributed by atoms with Crippen LogP contribution in [0.25, 0.3) is 0 Å². The highest BCUT2D eigenvalue weighted by atomic mass is 35.5. The standard InChI is InChI=1S/C13H13ClF2N2O4/c1-5(2)10(11(19)18-13(17)21)22-12(20)6-3-8(15)9(16)4-7(6)14/h3-5,10H,1-2H3,(H3,17,18,19,21)/t10-/m1/s1. The first-order valence-electron chi connectivity index (χ1n) is 6.09. The fraction of sp³-hybridized carbons (Fsp3) is 0.308. The van der Waals surface area contributed by atoms with E-state index in [9.17, 15) is 23.2 Å². The number of carbonyl (C=O) groups is 3. The maximum Gasteiger partial charge on any atom is 0.340 e. The van der Waals surface area contributed by atoms with E-state index in [1.165, 1.54) is 0 Å². The van der Waals surface area contributed by atoms with Gasteiger partial charge in [-0.25, -0.2) is 18.4 Å². The van der Waals surface area contributed by atoms with E-state index < -0.39 is 47.1 Å². The largest absolute Gasteiger partial charge is 0.448 e. The molecule has 1 aromatic rings. The molecule has 1 aromatic carbocycles. The van der Waals surface area contributed by atoms with Gasteiger partial charge < -0.3 is 10.5 Å². The summed E-state index contributed by atoms with van der Waals surface area (Å²) >= 11 is 5.64. The molecule has 0 unspecified atom stereocenters. The van der Waals surface area contributed by atoms with Crippen LogP contribution < -0.4 is 11.1 Å². The van der Waals surface area contributed by atoms with Gasteiger partial charge in [0.2, 0.25) is 0 Å². The van der Waals surface area contributed by atoms with Crippen LogP contribution in [0.1, 0.15) is 24.2 Å². The van der Waals surface area contributed by atoms with Crippen molar-refractivity contribution >= 4 is 29.5 Å². The third kappa shape index (κ3) is 4.39. The zero-order chi connectivity index (χ0) is 17.0. The first kappa shape index (κ1) is 17.8. The summed E-state index contributed by atoms with van der Waals surface area (Å²) < 4.78 is 31.0. The van der Waals surface area contributed by atoms with Gasteiger partial charge in [-0.3, -0.25) is 10.1 Å². The van der Waals surface area contributed by atoms with Crippen molar-refractivity contribution in [3.63, 3.8) is 0 Å². The Morgan fingerprint density at radius 3 is 2.27 bits per heavy atom. The molecule has 0 aliphatic carbocycles. The van der Waals surface area contributed by atoms with Crippen molar-refractivity contribution in [2.45, 2.75) is 20.0 Å². The SMILES string of the molecule is CC(C)[C@@H](OC(=O)c1cc(F)c(F)cc1Cl)C(=O)NC(N)=O. The molecule has 1 atom stereocenters. The molecule has 0 heterocycles. The molecule has 0 aliphatic rings. The van der Waals surface area contributed by atoms with Gasteiger partial charge in [-0.1, -0.05) is 25.4 Å². The van der Waals surface area contributed by atoms with Crippen molar-refractivity contribution in [1.29, 1.82) is 0 Å². The summed E-state index contributed by atoms with van der Waals surface area (Å²) in [5.74, 6) is -5.10. The monoisotopic (exact) mass is 334 g/mol. The fourth-order valence-corrected chi connectivity index (χ4v) is 1.77. The van der Waals surface area contributed by atoms with Crippen LogP contribution >= 0.6 is 11.6 Å². The van der Waals surface area contributed by atoms with Crippen molar-refractivity contribution < 1.29 is 27.9 Å². The molecule has 120 valence electrons. The minimum atomic E-state index is -1.36. The van der Waals surface area contributed by atoms with E-state index in [-0.39, 0.29) is 5.02 Å². The maximum atomic E-state index is 13.2. The number of ether oxygens (including phenoxy) is 1. The van der Waals surface area contributed by atoms with E-state index in [0.717, 1.165) is 0 Å². The Labute approximate surface area is 129 Å². The Bertz CT molecular complexity index is 622. The Kier molecular flexibility index (Phi) is 5.81. The van der Waals surface area contributed by atoms with Crippen LogP contribution in [0.5, 0.6) is 0 Å². The summed E-state index contributed by atoms with van der Waals surface area (Å²) in [5.41, 5.74) is 4.36. The number of urea groups is 1. The van der Waals surface area contributed by atoms with Gasteiger partial charge in [-0.2, -0.15) is 0 Å². The zero-order valence-corrected chi connectivity index (χ0v) is 12.4. The quantitative estimate of drug-likeness (QED) is 0.650. The van der Waals surface area contributed by atoms with Crippen LogP contribution in [0.3, 0.4) is 0 Å². The van der Waals surface area contributed by atoms with Gasteiger partial charge in [0.05, 0.1) is 10.6 Å². The molecule has 22 heavy (non-hydrogen) atoms. The van der Waals surface area contributed by atoms with Gasteiger partial charge in [0.1, 0.15) is 0 Å². The highest BCUT2D eigenvalue weighted by molar-refractivity contribution is 6.33. The number of nitrogens with one attached hydrogen (secondary N) is 1. The number of halogens is 3. The lowest BCUT2D eigenvalue weighted by Gasteiger charge is -2.20. The average Bonchev–Trinajstić information content (AvgIpc) is 2.38. The Morgan fingerprint density at radius 1 is 1.23 bits per heavy atom. The summed E-state index contributed by atoms with van der Waals surface area (Å²) in [6.07, 6.45) is -1.36. The Morgan fingerprint density at radius 2 is 1.77 bits per heavy atom. The highest BCUT2D eigenvalue weighted by Crippen LogP contribution is 2.22. The number of amides is 3. The number of primary amides is 1. The number of hydrogen-bond acceptors (Lipinski definition) is 4. The van der Waals surface area contributed by atoms with Gasteiger partial charge in [0.25, 0.3) is 5.91 Å². The molecule has 6 nitrogen and oxygen atoms in total. The number of imide groups is 1. The number of carbonyl (C=O) groups excluding carboxylic acids is 3. The molecule has 0 saturated carbocycles. The Balaban J connectivity index is 2.99. The molecule has 0 fully saturated rings. The predicted molar refractivity (Wildman–Crippen MR) is 73.1 cm³/mol. The maximum absolute atomic E-state index is 13.2. The lowest BCUT2D eigenvalue weighted by molar-refractivity contribution is -0.130. The summed E-state index contributed by atoms with van der Waals surface area (Å²) in [6.45, 7) is 3.09. The zero-order valence-electron chi connectivity index (χ0n) is 11.7. The van der Waals surface area contributed by atoms with Crippen LogP contribution in [-0.4, -0.2) is 24.0 Å². The number of esters is 1. The van der Waals surface area contributed by atoms with E-state index in [2.05, 4.69) is 0 Å². The molecule has 1 rings (SSSR count). The van der Waals surface area contributed by atoms with Gasteiger partial charge in [-0.05, 0) is 18.1 Å². The van der Waals surface area contributed by atoms with Crippen LogP contribution in [-0.2, 0) is 9.53 Å². The first-order valence-corrected chi connectivity index (χ1v) is 6.47. The van der Waals surface area contributed by atoms with Crippen molar-refractivity contribution in [2.75, 3.05) is 0 Å². The molecule has 3 amide bonds. The average molecular weight is 335 g/mol. The molecule has 0 radical (unpaired) electrons. The third-order valence-electron chi connectivity index (χ3n) is 2.57. The second kappa shape index (κ2) is 7.17. The van der Waals surface area contributed by atoms with Crippen LogP contribution in [0, 0.1) is 17.6 Å². The molecule has 3 N–H and O–H groups in total. The van der Waals surface area contributed by atoms with E-state index in [0.29, 0.717) is 12.1 Å². The Hall–Kier alpha value is -2.22. The van der Waals surface area contributed by atoms with Gasteiger partial charge >= 0.3 is 12.0 Å². The van der Waals surface area contributed by atoms with Crippen LogP contribution in [0.2, 0.25) is 5.02 Å². The first-order chi connectivity index (χ1) is 10.1. The van der Waals surface area contributed by atoms with Gasteiger partial charge in [0, 0.05) is 0 Å². The summed E-state index contributed by atoms with van der Waals surface area (Å²) in [7, 11) is 0. The second-order valence-corrected chi connectivity index (χ2v) is 5.08. The molecule has 0 spiro atoms. The lowest BCUT2D eigenvalue weighted by atomic mass is 10.1. The van der Waals surface area contributed by atoms with Crippen LogP contribution in [0.15, 0.2) is 12.1 Å². The normalized spacial score (nSPS) is 11.9. The summed E-state index contributed by atoms with van der Waals surface area (Å²) in [5, 5.41) is 1.40. The minimum absolute atomic E-state index is 0.373. The van der Waals surface area contributed by atoms with E-state index in [4.69, 9.17) is 22.1 Å². The second-order valence-electron chi connectivity index (χ2n) is 4.67. The molecule has 0 saturated heterocycles. The smallest absolute Gasteiger partial charge is 0.340 e. The van der Waals surface area contributed by atoms with E-state index >= 15 is 0 Å². The highest BCUT2D eigenvalue weighted by Gasteiger charge is 2.29. The topological polar surface area (TPSA) is 98.5 Å². The fourth-order valence-electron chi connectivity index (χ4n) is 1.54. The minimum Gasteiger partial charge on any atom is -0.448 e. The predicted octanol–water partition coefficient (Wildman–Crippen LogP) is 1.99. The summed E-state index contributed by atoms with van der Waals surface area (Å²) in [6, 6.07) is 0.0580. The van der Waals surface area contributed by atoms with Crippen molar-refractivity contribution in [3.05, 3.63) is 34.4 Å². The number of benzene rings is 1. The van der Waals surface area contributed by atoms with E-state index in [1.807, 2.05) is 0 Å². The molecule has 0 aliphatic heterocycles.